The third-order valence-corrected chi connectivity index (χ3v) is 4.51. The number of benzene rings is 2. The summed E-state index contributed by atoms with van der Waals surface area (Å²) in [7, 11) is 4.85. The molecule has 27 heavy (non-hydrogen) atoms. The van der Waals surface area contributed by atoms with Gasteiger partial charge in [-0.25, -0.2) is 0 Å². The summed E-state index contributed by atoms with van der Waals surface area (Å²) in [4.78, 5) is 12.2. The second kappa shape index (κ2) is 8.49. The predicted molar refractivity (Wildman–Crippen MR) is 104 cm³/mol. The van der Waals surface area contributed by atoms with Gasteiger partial charge in [0.25, 0.3) is 0 Å². The van der Waals surface area contributed by atoms with E-state index in [2.05, 4.69) is 9.88 Å². The van der Waals surface area contributed by atoms with Crippen LogP contribution in [0.1, 0.15) is 12.0 Å². The van der Waals surface area contributed by atoms with Crippen molar-refractivity contribution >= 4 is 16.8 Å². The van der Waals surface area contributed by atoms with Crippen molar-refractivity contribution in [2.45, 2.75) is 19.5 Å². The first-order chi connectivity index (χ1) is 13.2. The van der Waals surface area contributed by atoms with Crippen molar-refractivity contribution in [2.75, 3.05) is 21.3 Å². The Bertz CT molecular complexity index is 933. The summed E-state index contributed by atoms with van der Waals surface area (Å²) in [6.45, 7) is 1.05. The van der Waals surface area contributed by atoms with Gasteiger partial charge in [0.2, 0.25) is 5.91 Å². The van der Waals surface area contributed by atoms with Crippen LogP contribution in [-0.2, 0) is 17.9 Å². The maximum atomic E-state index is 12.2. The van der Waals surface area contributed by atoms with Crippen molar-refractivity contribution in [2.24, 2.45) is 0 Å². The van der Waals surface area contributed by atoms with Crippen LogP contribution in [0.4, 0.5) is 0 Å². The quantitative estimate of drug-likeness (QED) is 0.662. The Kier molecular flexibility index (Phi) is 5.86. The molecule has 0 fully saturated rings. The fourth-order valence-corrected chi connectivity index (χ4v) is 3.07. The summed E-state index contributed by atoms with van der Waals surface area (Å²) in [5.41, 5.74) is 2.01. The molecule has 3 aromatic rings. The van der Waals surface area contributed by atoms with Gasteiger partial charge >= 0.3 is 0 Å². The lowest BCUT2D eigenvalue weighted by Crippen LogP contribution is -2.23. The molecule has 0 bridgehead atoms. The number of amides is 1. The Morgan fingerprint density at radius 2 is 1.74 bits per heavy atom. The molecular weight excluding hydrogens is 344 g/mol. The number of ether oxygens (including phenoxy) is 3. The van der Waals surface area contributed by atoms with Gasteiger partial charge in [0.15, 0.2) is 11.5 Å². The third kappa shape index (κ3) is 4.16. The molecule has 0 spiro atoms. The molecule has 0 aliphatic carbocycles. The van der Waals surface area contributed by atoms with E-state index in [1.165, 1.54) is 0 Å². The fraction of sp³-hybridized carbons (Fsp3) is 0.286. The van der Waals surface area contributed by atoms with Crippen LogP contribution in [0.2, 0.25) is 0 Å². The van der Waals surface area contributed by atoms with Crippen LogP contribution >= 0.6 is 0 Å². The summed E-state index contributed by atoms with van der Waals surface area (Å²) in [6.07, 6.45) is 2.38. The van der Waals surface area contributed by atoms with E-state index < -0.39 is 0 Å². The van der Waals surface area contributed by atoms with Crippen LogP contribution in [-0.4, -0.2) is 31.8 Å². The normalized spacial score (nSPS) is 10.6. The molecule has 0 saturated heterocycles. The molecule has 0 atom stereocenters. The number of nitrogens with zero attached hydrogens (tertiary/aromatic N) is 1. The van der Waals surface area contributed by atoms with Crippen molar-refractivity contribution in [1.82, 2.24) is 9.88 Å². The van der Waals surface area contributed by atoms with Crippen LogP contribution in [0, 0.1) is 0 Å². The van der Waals surface area contributed by atoms with Crippen LogP contribution in [0.15, 0.2) is 48.7 Å². The summed E-state index contributed by atoms with van der Waals surface area (Å²) < 4.78 is 18.0. The Hall–Kier alpha value is -3.15. The average molecular weight is 368 g/mol. The smallest absolute Gasteiger partial charge is 0.222 e. The maximum absolute atomic E-state index is 12.2. The van der Waals surface area contributed by atoms with Crippen molar-refractivity contribution in [3.63, 3.8) is 0 Å². The van der Waals surface area contributed by atoms with Gasteiger partial charge in [0.1, 0.15) is 5.75 Å². The summed E-state index contributed by atoms with van der Waals surface area (Å²) in [6, 6.07) is 13.5. The lowest BCUT2D eigenvalue weighted by molar-refractivity contribution is -0.121. The van der Waals surface area contributed by atoms with E-state index in [4.69, 9.17) is 14.2 Å². The van der Waals surface area contributed by atoms with Crippen molar-refractivity contribution in [3.8, 4) is 17.2 Å². The molecule has 0 aliphatic heterocycles. The van der Waals surface area contributed by atoms with Crippen LogP contribution in [0.5, 0.6) is 17.2 Å². The van der Waals surface area contributed by atoms with E-state index in [1.54, 1.807) is 21.3 Å². The van der Waals surface area contributed by atoms with Gasteiger partial charge in [-0.05, 0) is 35.9 Å². The van der Waals surface area contributed by atoms with E-state index in [-0.39, 0.29) is 5.91 Å². The minimum absolute atomic E-state index is 0.00506. The SMILES string of the molecule is COc1ccc(CNC(=O)CCn2ccc3c(OC)cccc32)cc1OC. The number of methoxy groups -OCH3 is 3. The molecule has 6 heteroatoms. The number of hydrogen-bond acceptors (Lipinski definition) is 4. The molecule has 0 saturated carbocycles. The zero-order chi connectivity index (χ0) is 19.2. The van der Waals surface area contributed by atoms with Crippen LogP contribution in [0.3, 0.4) is 0 Å². The minimum Gasteiger partial charge on any atom is -0.496 e. The zero-order valence-corrected chi connectivity index (χ0v) is 15.8. The Morgan fingerprint density at radius 3 is 2.48 bits per heavy atom. The Labute approximate surface area is 158 Å². The summed E-state index contributed by atoms with van der Waals surface area (Å²) >= 11 is 0. The van der Waals surface area contributed by atoms with Crippen molar-refractivity contribution < 1.29 is 19.0 Å². The van der Waals surface area contributed by atoms with Gasteiger partial charge in [-0.15, -0.1) is 0 Å². The summed E-state index contributed by atoms with van der Waals surface area (Å²) in [5.74, 6) is 2.15. The number of hydrogen-bond donors (Lipinski definition) is 1. The molecule has 1 amide bonds. The molecule has 6 nitrogen and oxygen atoms in total. The van der Waals surface area contributed by atoms with Crippen molar-refractivity contribution in [3.05, 3.63) is 54.2 Å². The summed E-state index contributed by atoms with van der Waals surface area (Å²) in [5, 5.41) is 3.99. The minimum atomic E-state index is -0.00506. The second-order valence-electron chi connectivity index (χ2n) is 6.12. The van der Waals surface area contributed by atoms with E-state index in [0.717, 1.165) is 22.2 Å². The number of carbonyl (C=O) groups is 1. The van der Waals surface area contributed by atoms with E-state index in [9.17, 15) is 4.79 Å². The largest absolute Gasteiger partial charge is 0.496 e. The number of aryl methyl sites for hydroxylation is 1. The molecule has 1 aromatic heterocycles. The number of rotatable bonds is 8. The topological polar surface area (TPSA) is 61.7 Å². The van der Waals surface area contributed by atoms with Gasteiger partial charge in [0.05, 0.1) is 26.8 Å². The van der Waals surface area contributed by atoms with Crippen LogP contribution < -0.4 is 19.5 Å². The molecular formula is C21H24N2O4. The predicted octanol–water partition coefficient (Wildman–Crippen LogP) is 3.37. The van der Waals surface area contributed by atoms with Gasteiger partial charge in [0, 0.05) is 31.1 Å². The Balaban J connectivity index is 1.58. The van der Waals surface area contributed by atoms with Gasteiger partial charge in [-0.2, -0.15) is 0 Å². The highest BCUT2D eigenvalue weighted by atomic mass is 16.5. The first kappa shape index (κ1) is 18.6. The molecule has 2 aromatic carbocycles. The first-order valence-electron chi connectivity index (χ1n) is 8.75. The molecule has 0 aliphatic rings. The number of aromatic nitrogens is 1. The third-order valence-electron chi connectivity index (χ3n) is 4.51. The molecule has 142 valence electrons. The zero-order valence-electron chi connectivity index (χ0n) is 15.8. The standard InChI is InChI=1S/C21H24N2O4/c1-25-18-6-4-5-17-16(18)9-11-23(17)12-10-21(24)22-14-15-7-8-19(26-2)20(13-15)27-3/h4-9,11,13H,10,12,14H2,1-3H3,(H,22,24). The molecule has 0 radical (unpaired) electrons. The second-order valence-corrected chi connectivity index (χ2v) is 6.12. The Morgan fingerprint density at radius 1 is 0.963 bits per heavy atom. The molecule has 1 heterocycles. The lowest BCUT2D eigenvalue weighted by Gasteiger charge is -2.11. The van der Waals surface area contributed by atoms with Crippen molar-refractivity contribution in [1.29, 1.82) is 0 Å². The lowest BCUT2D eigenvalue weighted by atomic mass is 10.2. The number of carbonyl (C=O) groups excluding carboxylic acids is 1. The first-order valence-corrected chi connectivity index (χ1v) is 8.75. The molecule has 3 rings (SSSR count). The fourth-order valence-electron chi connectivity index (χ4n) is 3.07. The average Bonchev–Trinajstić information content (AvgIpc) is 3.13. The van der Waals surface area contributed by atoms with Crippen LogP contribution in [0.25, 0.3) is 10.9 Å². The van der Waals surface area contributed by atoms with Gasteiger partial charge < -0.3 is 24.1 Å². The number of nitrogens with one attached hydrogen (secondary N) is 1. The van der Waals surface area contributed by atoms with E-state index >= 15 is 0 Å². The highest BCUT2D eigenvalue weighted by Crippen LogP contribution is 2.28. The number of fused-ring (bicyclic) bond motifs is 1. The molecule has 1 N–H and O–H groups in total. The molecule has 0 unspecified atom stereocenters. The highest BCUT2D eigenvalue weighted by Gasteiger charge is 2.09. The monoisotopic (exact) mass is 368 g/mol. The van der Waals surface area contributed by atoms with E-state index in [1.807, 2.05) is 48.7 Å². The maximum Gasteiger partial charge on any atom is 0.222 e. The van der Waals surface area contributed by atoms with E-state index in [0.29, 0.717) is 31.0 Å². The van der Waals surface area contributed by atoms with Gasteiger partial charge in [-0.1, -0.05) is 12.1 Å². The van der Waals surface area contributed by atoms with Gasteiger partial charge in [-0.3, -0.25) is 4.79 Å². The highest BCUT2D eigenvalue weighted by molar-refractivity contribution is 5.86.